The summed E-state index contributed by atoms with van der Waals surface area (Å²) in [5.41, 5.74) is -1.87. The highest BCUT2D eigenvalue weighted by Gasteiger charge is 2.36. The van der Waals surface area contributed by atoms with Crippen molar-refractivity contribution in [2.45, 2.75) is 18.4 Å². The number of aliphatic hydroxyl groups is 2. The van der Waals surface area contributed by atoms with Crippen LogP contribution in [0.5, 0.6) is 0 Å². The Hall–Kier alpha value is -0.790. The molecule has 0 amide bonds. The van der Waals surface area contributed by atoms with Crippen LogP contribution in [0.15, 0.2) is 18.2 Å². The number of hydrogen-bond acceptors (Lipinski definition) is 3. The second kappa shape index (κ2) is 5.24. The van der Waals surface area contributed by atoms with Crippen molar-refractivity contribution in [1.29, 1.82) is 0 Å². The molecule has 2 N–H and O–H groups in total. The average molecular weight is 270 g/mol. The van der Waals surface area contributed by atoms with E-state index in [1.807, 2.05) is 0 Å². The van der Waals surface area contributed by atoms with E-state index in [-0.39, 0.29) is 11.8 Å². The van der Waals surface area contributed by atoms with Gasteiger partial charge in [0.25, 0.3) is 0 Å². The van der Waals surface area contributed by atoms with Crippen LogP contribution < -0.4 is 0 Å². The summed E-state index contributed by atoms with van der Waals surface area (Å²) in [5.74, 6) is -1.27. The van der Waals surface area contributed by atoms with Gasteiger partial charge in [0.1, 0.15) is 11.9 Å². The van der Waals surface area contributed by atoms with Crippen LogP contribution >= 0.6 is 12.6 Å². The molecule has 2 unspecified atom stereocenters. The van der Waals surface area contributed by atoms with Crippen LogP contribution in [-0.4, -0.2) is 22.1 Å². The molecule has 0 aliphatic rings. The summed E-state index contributed by atoms with van der Waals surface area (Å²) in [6, 6.07) is 1.87. The second-order valence-electron chi connectivity index (χ2n) is 3.42. The smallest absolute Gasteiger partial charge is 0.389 e. The van der Waals surface area contributed by atoms with Gasteiger partial charge in [-0.3, -0.25) is 0 Å². The second-order valence-corrected chi connectivity index (χ2v) is 3.79. The monoisotopic (exact) mass is 270 g/mol. The van der Waals surface area contributed by atoms with Gasteiger partial charge in [0, 0.05) is 5.75 Å². The Morgan fingerprint density at radius 3 is 2.29 bits per heavy atom. The Morgan fingerprint density at radius 2 is 1.82 bits per heavy atom. The zero-order valence-electron chi connectivity index (χ0n) is 8.45. The van der Waals surface area contributed by atoms with E-state index in [0.29, 0.717) is 0 Å². The maximum atomic E-state index is 12.8. The number of alkyl halides is 3. The van der Waals surface area contributed by atoms with Crippen molar-refractivity contribution < 1.29 is 27.8 Å². The fourth-order valence-electron chi connectivity index (χ4n) is 1.34. The molecule has 17 heavy (non-hydrogen) atoms. The van der Waals surface area contributed by atoms with E-state index < -0.39 is 35.3 Å². The SMILES string of the molecule is OC(CS)C(O)c1ccc(F)cc1C(F)(F)F. The third-order valence-corrected chi connectivity index (χ3v) is 2.57. The highest BCUT2D eigenvalue weighted by molar-refractivity contribution is 7.80. The molecule has 0 aliphatic carbocycles. The minimum absolute atomic E-state index is 0.212. The van der Waals surface area contributed by atoms with Crippen LogP contribution in [0.3, 0.4) is 0 Å². The topological polar surface area (TPSA) is 40.5 Å². The molecule has 96 valence electrons. The Labute approximate surface area is 100 Å². The summed E-state index contributed by atoms with van der Waals surface area (Å²) in [7, 11) is 0. The van der Waals surface area contributed by atoms with Crippen molar-refractivity contribution in [2.75, 3.05) is 5.75 Å². The van der Waals surface area contributed by atoms with Gasteiger partial charge in [-0.2, -0.15) is 25.8 Å². The minimum Gasteiger partial charge on any atom is -0.389 e. The molecule has 1 aromatic carbocycles. The van der Waals surface area contributed by atoms with Gasteiger partial charge in [-0.05, 0) is 17.7 Å². The van der Waals surface area contributed by atoms with E-state index in [4.69, 9.17) is 0 Å². The third-order valence-electron chi connectivity index (χ3n) is 2.19. The number of benzene rings is 1. The third kappa shape index (κ3) is 3.34. The largest absolute Gasteiger partial charge is 0.416 e. The summed E-state index contributed by atoms with van der Waals surface area (Å²) in [4.78, 5) is 0. The number of hydrogen-bond donors (Lipinski definition) is 3. The summed E-state index contributed by atoms with van der Waals surface area (Å²) in [6.45, 7) is 0. The van der Waals surface area contributed by atoms with Gasteiger partial charge in [0.05, 0.1) is 11.7 Å². The summed E-state index contributed by atoms with van der Waals surface area (Å²) < 4.78 is 50.5. The zero-order chi connectivity index (χ0) is 13.2. The Morgan fingerprint density at radius 1 is 1.24 bits per heavy atom. The first kappa shape index (κ1) is 14.3. The lowest BCUT2D eigenvalue weighted by Crippen LogP contribution is -2.23. The van der Waals surface area contributed by atoms with Gasteiger partial charge in [0.2, 0.25) is 0 Å². The maximum absolute atomic E-state index is 12.8. The van der Waals surface area contributed by atoms with E-state index >= 15 is 0 Å². The lowest BCUT2D eigenvalue weighted by molar-refractivity contribution is -0.140. The Bertz CT molecular complexity index is 394. The first-order valence-corrected chi connectivity index (χ1v) is 5.24. The van der Waals surface area contributed by atoms with Crippen molar-refractivity contribution >= 4 is 12.6 Å². The van der Waals surface area contributed by atoms with Crippen LogP contribution in [0.2, 0.25) is 0 Å². The fraction of sp³-hybridized carbons (Fsp3) is 0.400. The maximum Gasteiger partial charge on any atom is 0.416 e. The Kier molecular flexibility index (Phi) is 4.40. The van der Waals surface area contributed by atoms with E-state index in [9.17, 15) is 27.8 Å². The molecule has 0 saturated carbocycles. The molecular formula is C10H10F4O2S. The van der Waals surface area contributed by atoms with Crippen LogP contribution in [0, 0.1) is 5.82 Å². The summed E-state index contributed by atoms with van der Waals surface area (Å²) in [6.07, 6.45) is -8.01. The predicted octanol–water partition coefficient (Wildman–Crippen LogP) is 2.17. The predicted molar refractivity (Wildman–Crippen MR) is 56.2 cm³/mol. The normalized spacial score (nSPS) is 15.7. The summed E-state index contributed by atoms with van der Waals surface area (Å²) >= 11 is 3.67. The molecule has 1 aromatic rings. The Balaban J connectivity index is 3.24. The quantitative estimate of drug-likeness (QED) is 0.582. The number of halogens is 4. The van der Waals surface area contributed by atoms with E-state index in [1.54, 1.807) is 0 Å². The van der Waals surface area contributed by atoms with Gasteiger partial charge in [-0.25, -0.2) is 4.39 Å². The van der Waals surface area contributed by atoms with Crippen LogP contribution in [-0.2, 0) is 6.18 Å². The molecule has 0 saturated heterocycles. The molecule has 2 nitrogen and oxygen atoms in total. The molecule has 0 aliphatic heterocycles. The van der Waals surface area contributed by atoms with Gasteiger partial charge in [-0.15, -0.1) is 0 Å². The first-order chi connectivity index (χ1) is 7.77. The minimum atomic E-state index is -4.80. The standard InChI is InChI=1S/C10H10F4O2S/c11-5-1-2-6(9(16)8(15)4-17)7(3-5)10(12,13)14/h1-3,8-9,15-17H,4H2. The lowest BCUT2D eigenvalue weighted by Gasteiger charge is -2.20. The number of rotatable bonds is 3. The molecule has 0 aromatic heterocycles. The molecule has 1 rings (SSSR count). The van der Waals surface area contributed by atoms with Crippen molar-refractivity contribution in [3.63, 3.8) is 0 Å². The van der Waals surface area contributed by atoms with Crippen LogP contribution in [0.1, 0.15) is 17.2 Å². The highest BCUT2D eigenvalue weighted by atomic mass is 32.1. The summed E-state index contributed by atoms with van der Waals surface area (Å²) in [5, 5.41) is 18.8. The molecule has 2 atom stereocenters. The number of aliphatic hydroxyl groups excluding tert-OH is 2. The molecule has 0 spiro atoms. The molecule has 0 radical (unpaired) electrons. The van der Waals surface area contributed by atoms with Crippen molar-refractivity contribution in [3.05, 3.63) is 35.1 Å². The molecule has 0 fully saturated rings. The van der Waals surface area contributed by atoms with Crippen LogP contribution in [0.25, 0.3) is 0 Å². The van der Waals surface area contributed by atoms with Gasteiger partial charge >= 0.3 is 6.18 Å². The number of thiol groups is 1. The molecule has 0 bridgehead atoms. The zero-order valence-corrected chi connectivity index (χ0v) is 9.34. The van der Waals surface area contributed by atoms with Crippen molar-refractivity contribution in [2.24, 2.45) is 0 Å². The van der Waals surface area contributed by atoms with Crippen molar-refractivity contribution in [1.82, 2.24) is 0 Å². The van der Waals surface area contributed by atoms with Crippen LogP contribution in [0.4, 0.5) is 17.6 Å². The van der Waals surface area contributed by atoms with Crippen molar-refractivity contribution in [3.8, 4) is 0 Å². The average Bonchev–Trinajstić information content (AvgIpc) is 2.25. The first-order valence-electron chi connectivity index (χ1n) is 4.61. The molecule has 7 heteroatoms. The molecule has 0 heterocycles. The molecular weight excluding hydrogens is 260 g/mol. The van der Waals surface area contributed by atoms with Gasteiger partial charge in [0.15, 0.2) is 0 Å². The fourth-order valence-corrected chi connectivity index (χ4v) is 1.54. The van der Waals surface area contributed by atoms with E-state index in [0.717, 1.165) is 12.1 Å². The van der Waals surface area contributed by atoms with E-state index in [1.165, 1.54) is 0 Å². The van der Waals surface area contributed by atoms with Gasteiger partial charge < -0.3 is 10.2 Å². The van der Waals surface area contributed by atoms with E-state index in [2.05, 4.69) is 12.6 Å². The lowest BCUT2D eigenvalue weighted by atomic mass is 9.98. The highest BCUT2D eigenvalue weighted by Crippen LogP contribution is 2.36. The van der Waals surface area contributed by atoms with Gasteiger partial charge in [-0.1, -0.05) is 6.07 Å².